The van der Waals surface area contributed by atoms with Crippen LogP contribution in [-0.2, 0) is 30.5 Å². The number of anilines is 1. The zero-order chi connectivity index (χ0) is 28.8. The Balaban J connectivity index is 1.46. The number of nitrogens with zero attached hydrogens (tertiary/aromatic N) is 5. The summed E-state index contributed by atoms with van der Waals surface area (Å²) in [4.78, 5) is 60.5. The molecule has 0 aromatic carbocycles. The second-order valence-corrected chi connectivity index (χ2v) is 10.6. The first-order chi connectivity index (χ1) is 19.2. The van der Waals surface area contributed by atoms with Crippen LogP contribution in [0.15, 0.2) is 41.0 Å². The lowest BCUT2D eigenvalue weighted by molar-refractivity contribution is -0.689. The maximum atomic E-state index is 13.1. The molecule has 2 aromatic heterocycles. The summed E-state index contributed by atoms with van der Waals surface area (Å²) in [6.07, 6.45) is 5.00. The van der Waals surface area contributed by atoms with Crippen molar-refractivity contribution in [3.63, 3.8) is 0 Å². The summed E-state index contributed by atoms with van der Waals surface area (Å²) in [7, 11) is 0. The van der Waals surface area contributed by atoms with E-state index in [9.17, 15) is 24.3 Å². The van der Waals surface area contributed by atoms with Crippen molar-refractivity contribution in [2.75, 3.05) is 24.7 Å². The molecule has 1 fully saturated rings. The number of aromatic nitrogens is 3. The summed E-state index contributed by atoms with van der Waals surface area (Å²) < 4.78 is 10.9. The van der Waals surface area contributed by atoms with Gasteiger partial charge in [0.1, 0.15) is 23.7 Å². The van der Waals surface area contributed by atoms with E-state index in [1.165, 1.54) is 16.7 Å². The molecular weight excluding hydrogens is 562 g/mol. The maximum Gasteiger partial charge on any atom is 0.352 e. The minimum Gasteiger partial charge on any atom is -0.477 e. The van der Waals surface area contributed by atoms with Crippen LogP contribution in [0.4, 0.5) is 5.13 Å². The van der Waals surface area contributed by atoms with E-state index < -0.39 is 35.2 Å². The number of nitrogen functional groups attached to an aromatic ring is 1. The first-order valence-electron chi connectivity index (χ1n) is 12.4. The number of fused-ring (bicyclic) bond motifs is 1. The summed E-state index contributed by atoms with van der Waals surface area (Å²) in [5, 5.41) is 15.8. The molecule has 2 atom stereocenters. The number of hydrogen-bond acceptors (Lipinski definition) is 12. The topological polar surface area (TPSA) is 190 Å². The number of pyridine rings is 1. The number of nitrogens with two attached hydrogens (primary N) is 1. The van der Waals surface area contributed by atoms with Crippen molar-refractivity contribution in [1.29, 1.82) is 0 Å². The van der Waals surface area contributed by atoms with Gasteiger partial charge in [0, 0.05) is 35.0 Å². The molecule has 0 bridgehead atoms. The third kappa shape index (κ3) is 6.22. The number of β-lactam (4-membered cyclic amide) rings is 1. The average Bonchev–Trinajstić information content (AvgIpc) is 3.37. The number of carboxylic acid groups (broad SMARTS) is 1. The highest BCUT2D eigenvalue weighted by Crippen LogP contribution is 2.40. The standard InChI is InChI=1S/C24H27N7O7S2/c1-3-5-10-37-23(36)13-6-8-30(9-7-13)11-14-12-39-21-16(20(33)31(21)17(14)22(34)35)26-19(32)15(28-38-4-2)18-27-24(25)40-29-18/h6-9,16,21H,3-5,10-12H2,1-2H3,(H3-,25,26,27,29,32,34,35)/p+1/t16?,21-/m0/s1. The molecule has 16 heteroatoms. The number of carbonyl (C=O) groups excluding carboxylic acids is 3. The molecule has 4 heterocycles. The number of esters is 1. The number of hydrogen-bond donors (Lipinski definition) is 3. The molecule has 2 aromatic rings. The van der Waals surface area contributed by atoms with Gasteiger partial charge in [0.15, 0.2) is 24.1 Å². The van der Waals surface area contributed by atoms with Gasteiger partial charge in [0.2, 0.25) is 11.5 Å². The van der Waals surface area contributed by atoms with E-state index in [-0.39, 0.29) is 35.5 Å². The van der Waals surface area contributed by atoms with Gasteiger partial charge >= 0.3 is 11.9 Å². The molecule has 0 saturated carbocycles. The molecule has 4 rings (SSSR count). The lowest BCUT2D eigenvalue weighted by Gasteiger charge is -2.49. The fourth-order valence-electron chi connectivity index (χ4n) is 3.97. The number of carboxylic acids is 1. The molecule has 1 saturated heterocycles. The van der Waals surface area contributed by atoms with Crippen molar-refractivity contribution >= 4 is 57.9 Å². The lowest BCUT2D eigenvalue weighted by atomic mass is 10.0. The number of amides is 2. The number of aliphatic carboxylic acids is 1. The number of carbonyl (C=O) groups is 4. The van der Waals surface area contributed by atoms with Gasteiger partial charge in [-0.15, -0.1) is 11.8 Å². The van der Waals surface area contributed by atoms with Crippen LogP contribution in [0.2, 0.25) is 0 Å². The number of unbranched alkanes of at least 4 members (excludes halogenated alkanes) is 1. The largest absolute Gasteiger partial charge is 0.477 e. The number of nitrogens with one attached hydrogen (secondary N) is 1. The normalized spacial score (nSPS) is 18.6. The average molecular weight is 591 g/mol. The fraction of sp³-hybridized carbons (Fsp3) is 0.417. The second-order valence-electron chi connectivity index (χ2n) is 8.68. The van der Waals surface area contributed by atoms with Crippen molar-refractivity contribution in [2.24, 2.45) is 5.16 Å². The van der Waals surface area contributed by atoms with Gasteiger partial charge < -0.3 is 25.7 Å². The molecule has 14 nitrogen and oxygen atoms in total. The van der Waals surface area contributed by atoms with Crippen molar-refractivity contribution in [2.45, 2.75) is 44.6 Å². The molecule has 2 amide bonds. The number of thioether (sulfide) groups is 1. The quantitative estimate of drug-likeness (QED) is 0.0781. The summed E-state index contributed by atoms with van der Waals surface area (Å²) in [6.45, 7) is 4.41. The molecule has 0 spiro atoms. The van der Waals surface area contributed by atoms with E-state index >= 15 is 0 Å². The van der Waals surface area contributed by atoms with Gasteiger partial charge in [0.05, 0.1) is 12.2 Å². The second kappa shape index (κ2) is 12.9. The Kier molecular flexibility index (Phi) is 9.31. The zero-order valence-corrected chi connectivity index (χ0v) is 23.4. The van der Waals surface area contributed by atoms with Crippen LogP contribution in [0.3, 0.4) is 0 Å². The highest BCUT2D eigenvalue weighted by Gasteiger charge is 2.54. The van der Waals surface area contributed by atoms with Crippen molar-refractivity contribution in [3.05, 3.63) is 47.2 Å². The third-order valence-electron chi connectivity index (χ3n) is 5.92. The fourth-order valence-corrected chi connectivity index (χ4v) is 5.74. The Morgan fingerprint density at radius 1 is 1.30 bits per heavy atom. The van der Waals surface area contributed by atoms with Gasteiger partial charge in [-0.3, -0.25) is 14.5 Å². The maximum absolute atomic E-state index is 13.1. The predicted octanol–water partition coefficient (Wildman–Crippen LogP) is 0.544. The van der Waals surface area contributed by atoms with Crippen LogP contribution in [0.5, 0.6) is 0 Å². The van der Waals surface area contributed by atoms with E-state index in [1.807, 2.05) is 6.92 Å². The Morgan fingerprint density at radius 2 is 2.05 bits per heavy atom. The van der Waals surface area contributed by atoms with Gasteiger partial charge in [-0.1, -0.05) is 18.5 Å². The summed E-state index contributed by atoms with van der Waals surface area (Å²) in [5.41, 5.74) is 6.14. The molecule has 40 heavy (non-hydrogen) atoms. The zero-order valence-electron chi connectivity index (χ0n) is 21.7. The van der Waals surface area contributed by atoms with Gasteiger partial charge in [-0.2, -0.15) is 9.36 Å². The monoisotopic (exact) mass is 590 g/mol. The molecule has 4 N–H and O–H groups in total. The van der Waals surface area contributed by atoms with E-state index in [4.69, 9.17) is 15.3 Å². The molecule has 2 aliphatic heterocycles. The van der Waals surface area contributed by atoms with Crippen LogP contribution < -0.4 is 15.6 Å². The Hall–Kier alpha value is -4.05. The first kappa shape index (κ1) is 28.9. The number of oxime groups is 1. The van der Waals surface area contributed by atoms with Gasteiger partial charge in [-0.25, -0.2) is 14.2 Å². The van der Waals surface area contributed by atoms with Crippen molar-refractivity contribution < 1.29 is 38.4 Å². The lowest BCUT2D eigenvalue weighted by Crippen LogP contribution is -2.71. The molecule has 212 valence electrons. The number of ether oxygens (including phenoxy) is 1. The smallest absolute Gasteiger partial charge is 0.352 e. The predicted molar refractivity (Wildman–Crippen MR) is 144 cm³/mol. The molecule has 0 radical (unpaired) electrons. The van der Waals surface area contributed by atoms with Crippen LogP contribution in [0.1, 0.15) is 42.9 Å². The third-order valence-corrected chi connectivity index (χ3v) is 7.80. The molecule has 2 aliphatic rings. The van der Waals surface area contributed by atoms with E-state index in [2.05, 4.69) is 19.8 Å². The van der Waals surface area contributed by atoms with Crippen LogP contribution in [-0.4, -0.2) is 79.2 Å². The van der Waals surface area contributed by atoms with Crippen molar-refractivity contribution in [1.82, 2.24) is 19.6 Å². The van der Waals surface area contributed by atoms with Crippen LogP contribution >= 0.6 is 23.3 Å². The molecular formula is C24H28N7O7S2+. The highest BCUT2D eigenvalue weighted by atomic mass is 32.2. The minimum atomic E-state index is -1.25. The Bertz CT molecular complexity index is 1360. The van der Waals surface area contributed by atoms with Crippen molar-refractivity contribution in [3.8, 4) is 0 Å². The Morgan fingerprint density at radius 3 is 2.67 bits per heavy atom. The number of rotatable bonds is 12. The van der Waals surface area contributed by atoms with Gasteiger partial charge in [-0.05, 0) is 13.3 Å². The molecule has 0 aliphatic carbocycles. The molecule has 1 unspecified atom stereocenters. The Labute approximate surface area is 237 Å². The summed E-state index contributed by atoms with van der Waals surface area (Å²) >= 11 is 2.20. The SMILES string of the molecule is CCCCOC(=O)c1cc[n+](CC2=C(C(=O)O)N3C(=O)C(NC(=O)C(=NOCC)c4nsc(N)n4)[C@@H]3SC2)cc1. The van der Waals surface area contributed by atoms with E-state index in [0.29, 0.717) is 23.5 Å². The first-order valence-corrected chi connectivity index (χ1v) is 14.2. The van der Waals surface area contributed by atoms with Crippen LogP contribution in [0, 0.1) is 0 Å². The minimum absolute atomic E-state index is 0.0425. The van der Waals surface area contributed by atoms with Crippen LogP contribution in [0.25, 0.3) is 0 Å². The van der Waals surface area contributed by atoms with E-state index in [1.54, 1.807) is 36.0 Å². The summed E-state index contributed by atoms with van der Waals surface area (Å²) in [6, 6.07) is 2.21. The van der Waals surface area contributed by atoms with E-state index in [0.717, 1.165) is 24.4 Å². The highest BCUT2D eigenvalue weighted by molar-refractivity contribution is 8.00. The van der Waals surface area contributed by atoms with Gasteiger partial charge in [0.25, 0.3) is 11.8 Å². The summed E-state index contributed by atoms with van der Waals surface area (Å²) in [5.74, 6) is -2.74.